The maximum absolute atomic E-state index is 13.9. The van der Waals surface area contributed by atoms with Gasteiger partial charge in [-0.1, -0.05) is 12.1 Å². The van der Waals surface area contributed by atoms with Crippen LogP contribution in [0.3, 0.4) is 0 Å². The van der Waals surface area contributed by atoms with Crippen molar-refractivity contribution in [1.29, 1.82) is 0 Å². The number of carbonyl (C=O) groups is 2. The molecule has 21 heavy (non-hydrogen) atoms. The number of fused-ring (bicyclic) bond motifs is 1. The summed E-state index contributed by atoms with van der Waals surface area (Å²) >= 11 is 0. The van der Waals surface area contributed by atoms with Crippen LogP contribution in [0.4, 0.5) is 21.5 Å². The van der Waals surface area contributed by atoms with E-state index < -0.39 is 11.7 Å². The second kappa shape index (κ2) is 4.90. The van der Waals surface area contributed by atoms with Crippen molar-refractivity contribution in [2.75, 3.05) is 22.5 Å². The van der Waals surface area contributed by atoms with Gasteiger partial charge in [-0.25, -0.2) is 4.39 Å². The Kier molecular flexibility index (Phi) is 3.06. The molecule has 0 radical (unpaired) electrons. The summed E-state index contributed by atoms with van der Waals surface area (Å²) in [5.74, 6) is -1.60. The zero-order chi connectivity index (χ0) is 15.0. The molecule has 5 nitrogen and oxygen atoms in total. The largest absolute Gasteiger partial charge is 0.399 e. The number of halogens is 1. The molecule has 1 aliphatic heterocycles. The SMILES string of the molecule is Nc1ccc(C(=O)N2CC(=O)Nc3ccccc32)c(F)c1. The van der Waals surface area contributed by atoms with Crippen LogP contribution in [0, 0.1) is 5.82 Å². The first kappa shape index (κ1) is 13.1. The molecule has 2 aromatic carbocycles. The molecule has 106 valence electrons. The van der Waals surface area contributed by atoms with Crippen LogP contribution in [0.5, 0.6) is 0 Å². The van der Waals surface area contributed by atoms with Crippen LogP contribution >= 0.6 is 0 Å². The average molecular weight is 285 g/mol. The lowest BCUT2D eigenvalue weighted by Crippen LogP contribution is -2.42. The molecule has 1 aliphatic rings. The van der Waals surface area contributed by atoms with E-state index in [0.717, 1.165) is 6.07 Å². The Hall–Kier alpha value is -2.89. The Morgan fingerprint density at radius 1 is 1.24 bits per heavy atom. The van der Waals surface area contributed by atoms with Gasteiger partial charge in [-0.15, -0.1) is 0 Å². The van der Waals surface area contributed by atoms with Gasteiger partial charge in [0.25, 0.3) is 5.91 Å². The van der Waals surface area contributed by atoms with Crippen LogP contribution < -0.4 is 16.0 Å². The number of rotatable bonds is 1. The summed E-state index contributed by atoms with van der Waals surface area (Å²) < 4.78 is 13.9. The zero-order valence-corrected chi connectivity index (χ0v) is 11.0. The molecular formula is C15H12FN3O2. The van der Waals surface area contributed by atoms with E-state index in [4.69, 9.17) is 5.73 Å². The quantitative estimate of drug-likeness (QED) is 0.787. The number of carbonyl (C=O) groups excluding carboxylic acids is 2. The topological polar surface area (TPSA) is 75.4 Å². The third kappa shape index (κ3) is 2.31. The Morgan fingerprint density at radius 2 is 2.00 bits per heavy atom. The zero-order valence-electron chi connectivity index (χ0n) is 11.0. The molecule has 6 heteroatoms. The van der Waals surface area contributed by atoms with Crippen molar-refractivity contribution in [2.24, 2.45) is 0 Å². The fourth-order valence-corrected chi connectivity index (χ4v) is 2.26. The van der Waals surface area contributed by atoms with E-state index in [-0.39, 0.29) is 23.7 Å². The fraction of sp³-hybridized carbons (Fsp3) is 0.0667. The molecule has 0 aromatic heterocycles. The highest BCUT2D eigenvalue weighted by atomic mass is 19.1. The molecule has 2 aromatic rings. The molecule has 0 fully saturated rings. The Balaban J connectivity index is 2.04. The lowest BCUT2D eigenvalue weighted by molar-refractivity contribution is -0.115. The maximum Gasteiger partial charge on any atom is 0.261 e. The van der Waals surface area contributed by atoms with Crippen molar-refractivity contribution >= 4 is 28.9 Å². The standard InChI is InChI=1S/C15H12FN3O2/c16-11-7-9(17)5-6-10(11)15(21)19-8-14(20)18-12-3-1-2-4-13(12)19/h1-7H,8,17H2,(H,18,20). The van der Waals surface area contributed by atoms with E-state index in [1.807, 2.05) is 0 Å². The predicted molar refractivity (Wildman–Crippen MR) is 77.6 cm³/mol. The first-order chi connectivity index (χ1) is 10.1. The Labute approximate surface area is 120 Å². The molecule has 0 unspecified atom stereocenters. The number of nitrogens with zero attached hydrogens (tertiary/aromatic N) is 1. The average Bonchev–Trinajstić information content (AvgIpc) is 2.45. The molecule has 3 N–H and O–H groups in total. The minimum absolute atomic E-state index is 0.117. The van der Waals surface area contributed by atoms with E-state index in [0.29, 0.717) is 11.4 Å². The van der Waals surface area contributed by atoms with Crippen LogP contribution in [0.15, 0.2) is 42.5 Å². The number of para-hydroxylation sites is 2. The van der Waals surface area contributed by atoms with Gasteiger partial charge < -0.3 is 11.1 Å². The molecule has 0 saturated carbocycles. The summed E-state index contributed by atoms with van der Waals surface area (Å²) in [6.07, 6.45) is 0. The molecule has 1 heterocycles. The Bertz CT molecular complexity index is 745. The van der Waals surface area contributed by atoms with E-state index in [1.165, 1.54) is 17.0 Å². The molecule has 2 amide bonds. The van der Waals surface area contributed by atoms with Gasteiger partial charge in [0.1, 0.15) is 12.4 Å². The summed E-state index contributed by atoms with van der Waals surface area (Å²) in [6.45, 7) is -0.153. The smallest absolute Gasteiger partial charge is 0.261 e. The van der Waals surface area contributed by atoms with E-state index in [1.54, 1.807) is 24.3 Å². The minimum Gasteiger partial charge on any atom is -0.399 e. The number of benzene rings is 2. The van der Waals surface area contributed by atoms with Gasteiger partial charge in [0.05, 0.1) is 16.9 Å². The van der Waals surface area contributed by atoms with E-state index >= 15 is 0 Å². The molecule has 0 atom stereocenters. The molecule has 0 aliphatic carbocycles. The van der Waals surface area contributed by atoms with Crippen molar-refractivity contribution in [2.45, 2.75) is 0 Å². The van der Waals surface area contributed by atoms with Crippen molar-refractivity contribution in [1.82, 2.24) is 0 Å². The van der Waals surface area contributed by atoms with Gasteiger partial charge in [0.15, 0.2) is 0 Å². The highest BCUT2D eigenvalue weighted by Gasteiger charge is 2.28. The van der Waals surface area contributed by atoms with Crippen LogP contribution in [-0.4, -0.2) is 18.4 Å². The number of nitrogens with two attached hydrogens (primary N) is 1. The van der Waals surface area contributed by atoms with Crippen molar-refractivity contribution in [3.8, 4) is 0 Å². The lowest BCUT2D eigenvalue weighted by atomic mass is 10.1. The summed E-state index contributed by atoms with van der Waals surface area (Å²) in [5, 5.41) is 2.67. The highest BCUT2D eigenvalue weighted by molar-refractivity contribution is 6.15. The Morgan fingerprint density at radius 3 is 2.76 bits per heavy atom. The number of nitrogens with one attached hydrogen (secondary N) is 1. The normalized spacial score (nSPS) is 13.6. The number of amides is 2. The summed E-state index contributed by atoms with van der Waals surface area (Å²) in [6, 6.07) is 10.7. The van der Waals surface area contributed by atoms with Crippen LogP contribution in [0.25, 0.3) is 0 Å². The van der Waals surface area contributed by atoms with Crippen LogP contribution in [0.2, 0.25) is 0 Å². The van der Waals surface area contributed by atoms with Crippen molar-refractivity contribution in [3.05, 3.63) is 53.8 Å². The number of hydrogen-bond acceptors (Lipinski definition) is 3. The minimum atomic E-state index is -0.705. The first-order valence-electron chi connectivity index (χ1n) is 6.32. The number of hydrogen-bond donors (Lipinski definition) is 2. The first-order valence-corrected chi connectivity index (χ1v) is 6.32. The van der Waals surface area contributed by atoms with Gasteiger partial charge in [0.2, 0.25) is 5.91 Å². The third-order valence-electron chi connectivity index (χ3n) is 3.24. The maximum atomic E-state index is 13.9. The number of nitrogen functional groups attached to an aromatic ring is 1. The molecular weight excluding hydrogens is 273 g/mol. The van der Waals surface area contributed by atoms with Crippen LogP contribution in [-0.2, 0) is 4.79 Å². The molecule has 0 spiro atoms. The van der Waals surface area contributed by atoms with Crippen molar-refractivity contribution < 1.29 is 14.0 Å². The van der Waals surface area contributed by atoms with Crippen molar-refractivity contribution in [3.63, 3.8) is 0 Å². The van der Waals surface area contributed by atoms with Gasteiger partial charge >= 0.3 is 0 Å². The number of anilines is 3. The third-order valence-corrected chi connectivity index (χ3v) is 3.24. The second-order valence-corrected chi connectivity index (χ2v) is 4.70. The highest BCUT2D eigenvalue weighted by Crippen LogP contribution is 2.30. The summed E-state index contributed by atoms with van der Waals surface area (Å²) in [7, 11) is 0. The van der Waals surface area contributed by atoms with Gasteiger partial charge in [-0.3, -0.25) is 14.5 Å². The molecule has 3 rings (SSSR count). The monoisotopic (exact) mass is 285 g/mol. The van der Waals surface area contributed by atoms with E-state index in [9.17, 15) is 14.0 Å². The lowest BCUT2D eigenvalue weighted by Gasteiger charge is -2.29. The van der Waals surface area contributed by atoms with Crippen LogP contribution in [0.1, 0.15) is 10.4 Å². The van der Waals surface area contributed by atoms with Gasteiger partial charge in [0, 0.05) is 5.69 Å². The summed E-state index contributed by atoms with van der Waals surface area (Å²) in [4.78, 5) is 25.5. The molecule has 0 saturated heterocycles. The predicted octanol–water partition coefficient (Wildman–Crippen LogP) is 2.01. The van der Waals surface area contributed by atoms with E-state index in [2.05, 4.69) is 5.32 Å². The van der Waals surface area contributed by atoms with Gasteiger partial charge in [-0.05, 0) is 30.3 Å². The fourth-order valence-electron chi connectivity index (χ4n) is 2.26. The summed E-state index contributed by atoms with van der Waals surface area (Å²) in [5.41, 5.74) is 6.66. The second-order valence-electron chi connectivity index (χ2n) is 4.70. The van der Waals surface area contributed by atoms with Gasteiger partial charge in [-0.2, -0.15) is 0 Å². The molecule has 0 bridgehead atoms.